The molecule has 1 atom stereocenters. The molecule has 4 heterocycles. The van der Waals surface area contributed by atoms with E-state index in [4.69, 9.17) is 14.5 Å². The van der Waals surface area contributed by atoms with Crippen LogP contribution < -0.4 is 0 Å². The lowest BCUT2D eigenvalue weighted by Gasteiger charge is -2.37. The summed E-state index contributed by atoms with van der Waals surface area (Å²) < 4.78 is 13.0. The van der Waals surface area contributed by atoms with Crippen LogP contribution in [-0.2, 0) is 16.0 Å². The van der Waals surface area contributed by atoms with Gasteiger partial charge in [0.05, 0.1) is 19.3 Å². The zero-order valence-corrected chi connectivity index (χ0v) is 15.0. The maximum absolute atomic E-state index is 12.7. The second kappa shape index (κ2) is 7.43. The fourth-order valence-electron chi connectivity index (χ4n) is 4.08. The van der Waals surface area contributed by atoms with E-state index in [1.54, 1.807) is 0 Å². The van der Waals surface area contributed by atoms with Gasteiger partial charge in [-0.3, -0.25) is 9.69 Å². The van der Waals surface area contributed by atoms with Crippen LogP contribution in [0, 0.1) is 5.92 Å². The highest BCUT2D eigenvalue weighted by atomic mass is 16.5. The van der Waals surface area contributed by atoms with E-state index in [0.717, 1.165) is 51.5 Å². The minimum atomic E-state index is 0.0355. The molecular weight excluding hydrogens is 320 g/mol. The molecule has 138 valence electrons. The molecule has 7 heteroatoms. The van der Waals surface area contributed by atoms with Crippen molar-refractivity contribution in [1.29, 1.82) is 0 Å². The predicted molar refractivity (Wildman–Crippen MR) is 92.5 cm³/mol. The standard InChI is InChI=1S/C18H28N4O3/c1-14-17-19-16(18(23)20-6-10-25-11-7-20)13-22(17)5-4-21(14)12-15-2-8-24-9-3-15/h13-15H,2-12H2,1H3/t14-/m0/s1. The maximum Gasteiger partial charge on any atom is 0.274 e. The van der Waals surface area contributed by atoms with Crippen LogP contribution in [0.5, 0.6) is 0 Å². The Bertz CT molecular complexity index is 605. The van der Waals surface area contributed by atoms with Crippen molar-refractivity contribution in [2.75, 3.05) is 52.6 Å². The molecule has 1 amide bonds. The Labute approximate surface area is 148 Å². The van der Waals surface area contributed by atoms with E-state index in [1.807, 2.05) is 11.1 Å². The predicted octanol–water partition coefficient (Wildman–Crippen LogP) is 1.16. The van der Waals surface area contributed by atoms with Gasteiger partial charge >= 0.3 is 0 Å². The monoisotopic (exact) mass is 348 g/mol. The normalized spacial score (nSPS) is 25.8. The van der Waals surface area contributed by atoms with Crippen LogP contribution >= 0.6 is 0 Å². The topological polar surface area (TPSA) is 59.8 Å². The third kappa shape index (κ3) is 3.59. The lowest BCUT2D eigenvalue weighted by atomic mass is 9.98. The van der Waals surface area contributed by atoms with E-state index in [1.165, 1.54) is 0 Å². The van der Waals surface area contributed by atoms with Gasteiger partial charge in [-0.2, -0.15) is 0 Å². The third-order valence-electron chi connectivity index (χ3n) is 5.71. The van der Waals surface area contributed by atoms with E-state index in [2.05, 4.69) is 16.4 Å². The van der Waals surface area contributed by atoms with Gasteiger partial charge in [-0.15, -0.1) is 0 Å². The largest absolute Gasteiger partial charge is 0.381 e. The number of amides is 1. The number of hydrogen-bond donors (Lipinski definition) is 0. The third-order valence-corrected chi connectivity index (χ3v) is 5.71. The smallest absolute Gasteiger partial charge is 0.274 e. The van der Waals surface area contributed by atoms with E-state index in [0.29, 0.717) is 37.9 Å². The second-order valence-electron chi connectivity index (χ2n) is 7.31. The Morgan fingerprint density at radius 1 is 1.12 bits per heavy atom. The summed E-state index contributed by atoms with van der Waals surface area (Å²) in [5.74, 6) is 1.77. The molecule has 3 aliphatic heterocycles. The number of imidazole rings is 1. The van der Waals surface area contributed by atoms with Crippen LogP contribution in [0.3, 0.4) is 0 Å². The molecule has 0 radical (unpaired) electrons. The number of fused-ring (bicyclic) bond motifs is 1. The first kappa shape index (κ1) is 17.0. The number of carbonyl (C=O) groups excluding carboxylic acids is 1. The first-order chi connectivity index (χ1) is 12.2. The van der Waals surface area contributed by atoms with E-state index < -0.39 is 0 Å². The van der Waals surface area contributed by atoms with Gasteiger partial charge in [0.2, 0.25) is 0 Å². The molecule has 0 spiro atoms. The highest BCUT2D eigenvalue weighted by Crippen LogP contribution is 2.28. The van der Waals surface area contributed by atoms with Crippen LogP contribution in [0.4, 0.5) is 0 Å². The number of nitrogens with zero attached hydrogens (tertiary/aromatic N) is 4. The fourth-order valence-corrected chi connectivity index (χ4v) is 4.08. The number of rotatable bonds is 3. The van der Waals surface area contributed by atoms with Crippen LogP contribution in [0.15, 0.2) is 6.20 Å². The molecule has 0 N–H and O–H groups in total. The summed E-state index contributed by atoms with van der Waals surface area (Å²) in [5.41, 5.74) is 0.580. The Kier molecular flexibility index (Phi) is 5.05. The molecule has 2 fully saturated rings. The summed E-state index contributed by atoms with van der Waals surface area (Å²) in [5, 5.41) is 0. The van der Waals surface area contributed by atoms with Crippen molar-refractivity contribution in [1.82, 2.24) is 19.4 Å². The van der Waals surface area contributed by atoms with Crippen molar-refractivity contribution < 1.29 is 14.3 Å². The number of aromatic nitrogens is 2. The van der Waals surface area contributed by atoms with Crippen LogP contribution in [0.25, 0.3) is 0 Å². The average Bonchev–Trinajstić information content (AvgIpc) is 3.10. The average molecular weight is 348 g/mol. The molecule has 0 aromatic carbocycles. The molecule has 3 aliphatic rings. The number of hydrogen-bond acceptors (Lipinski definition) is 5. The Morgan fingerprint density at radius 2 is 1.84 bits per heavy atom. The van der Waals surface area contributed by atoms with Crippen molar-refractivity contribution in [2.24, 2.45) is 5.92 Å². The van der Waals surface area contributed by atoms with Crippen LogP contribution in [0.1, 0.15) is 42.1 Å². The summed E-state index contributed by atoms with van der Waals surface area (Å²) in [4.78, 5) is 21.8. The van der Waals surface area contributed by atoms with Gasteiger partial charge in [0.1, 0.15) is 11.5 Å². The molecule has 1 aromatic heterocycles. The second-order valence-corrected chi connectivity index (χ2v) is 7.31. The lowest BCUT2D eigenvalue weighted by Crippen LogP contribution is -2.41. The molecule has 25 heavy (non-hydrogen) atoms. The molecule has 0 aliphatic carbocycles. The Morgan fingerprint density at radius 3 is 2.60 bits per heavy atom. The first-order valence-corrected chi connectivity index (χ1v) is 9.48. The summed E-state index contributed by atoms with van der Waals surface area (Å²) in [6, 6.07) is 0.253. The highest BCUT2D eigenvalue weighted by Gasteiger charge is 2.30. The SMILES string of the molecule is C[C@H]1c2nc(C(=O)N3CCOCC3)cn2CCN1CC1CCOCC1. The zero-order chi connectivity index (χ0) is 17.2. The number of carbonyl (C=O) groups is 1. The van der Waals surface area contributed by atoms with Gasteiger partial charge in [-0.1, -0.05) is 0 Å². The van der Waals surface area contributed by atoms with Crippen molar-refractivity contribution in [3.8, 4) is 0 Å². The molecule has 0 bridgehead atoms. The van der Waals surface area contributed by atoms with Gasteiger partial charge in [0, 0.05) is 52.1 Å². The van der Waals surface area contributed by atoms with Gasteiger partial charge in [0.15, 0.2) is 0 Å². The molecule has 2 saturated heterocycles. The minimum Gasteiger partial charge on any atom is -0.381 e. The van der Waals surface area contributed by atoms with Gasteiger partial charge < -0.3 is 18.9 Å². The highest BCUT2D eigenvalue weighted by molar-refractivity contribution is 5.92. The van der Waals surface area contributed by atoms with Gasteiger partial charge in [0.25, 0.3) is 5.91 Å². The minimum absolute atomic E-state index is 0.0355. The maximum atomic E-state index is 12.7. The first-order valence-electron chi connectivity index (χ1n) is 9.48. The van der Waals surface area contributed by atoms with E-state index in [9.17, 15) is 4.79 Å². The van der Waals surface area contributed by atoms with Crippen molar-refractivity contribution in [3.05, 3.63) is 17.7 Å². The summed E-state index contributed by atoms with van der Waals surface area (Å²) >= 11 is 0. The molecule has 0 unspecified atom stereocenters. The van der Waals surface area contributed by atoms with Gasteiger partial charge in [-0.05, 0) is 25.7 Å². The molecule has 7 nitrogen and oxygen atoms in total. The molecule has 4 rings (SSSR count). The Hall–Kier alpha value is -1.44. The van der Waals surface area contributed by atoms with Crippen LogP contribution in [-0.4, -0.2) is 77.9 Å². The molecule has 0 saturated carbocycles. The van der Waals surface area contributed by atoms with E-state index >= 15 is 0 Å². The quantitative estimate of drug-likeness (QED) is 0.820. The summed E-state index contributed by atoms with van der Waals surface area (Å²) in [7, 11) is 0. The molecular formula is C18H28N4O3. The van der Waals surface area contributed by atoms with Crippen molar-refractivity contribution >= 4 is 5.91 Å². The summed E-state index contributed by atoms with van der Waals surface area (Å²) in [6.07, 6.45) is 4.24. The Balaban J connectivity index is 1.44. The zero-order valence-electron chi connectivity index (χ0n) is 15.0. The van der Waals surface area contributed by atoms with Gasteiger partial charge in [-0.25, -0.2) is 4.98 Å². The lowest BCUT2D eigenvalue weighted by molar-refractivity contribution is 0.0299. The van der Waals surface area contributed by atoms with Crippen molar-refractivity contribution in [3.63, 3.8) is 0 Å². The number of morpholine rings is 1. The molecule has 1 aromatic rings. The number of ether oxygens (including phenoxy) is 2. The van der Waals surface area contributed by atoms with E-state index in [-0.39, 0.29) is 11.9 Å². The van der Waals surface area contributed by atoms with Crippen LogP contribution in [0.2, 0.25) is 0 Å². The fraction of sp³-hybridized carbons (Fsp3) is 0.778. The van der Waals surface area contributed by atoms with Crippen molar-refractivity contribution in [2.45, 2.75) is 32.4 Å². The summed E-state index contributed by atoms with van der Waals surface area (Å²) in [6.45, 7) is 9.57.